The first-order valence-corrected chi connectivity index (χ1v) is 7.95. The third kappa shape index (κ3) is 5.27. The van der Waals surface area contributed by atoms with Crippen molar-refractivity contribution in [1.82, 2.24) is 0 Å². The van der Waals surface area contributed by atoms with E-state index in [0.29, 0.717) is 5.69 Å². The summed E-state index contributed by atoms with van der Waals surface area (Å²) in [4.78, 5) is 0.253. The van der Waals surface area contributed by atoms with E-state index in [-0.39, 0.29) is 16.7 Å². The Labute approximate surface area is 122 Å². The first-order valence-electron chi connectivity index (χ1n) is 7.13. The number of para-hydroxylation sites is 1. The highest BCUT2D eigenvalue weighted by atomic mass is 32.2. The number of benzene rings is 1. The van der Waals surface area contributed by atoms with E-state index >= 15 is 0 Å². The zero-order chi connectivity index (χ0) is 14.4. The molecule has 0 unspecified atom stereocenters. The third-order valence-corrected chi connectivity index (χ3v) is 4.51. The molecule has 1 aromatic rings. The lowest BCUT2D eigenvalue weighted by atomic mass is 9.87. The minimum atomic E-state index is -4.23. The molecule has 0 aromatic heterocycles. The fraction of sp³-hybridized carbons (Fsp3) is 0.600. The molecule has 0 atom stereocenters. The Hall–Kier alpha value is -0.840. The van der Waals surface area contributed by atoms with Crippen LogP contribution in [0.15, 0.2) is 29.2 Å². The van der Waals surface area contributed by atoms with Gasteiger partial charge in [-0.05, 0) is 36.2 Å². The van der Waals surface area contributed by atoms with E-state index in [1.807, 2.05) is 0 Å². The van der Waals surface area contributed by atoms with Gasteiger partial charge < -0.3 is 5.32 Å². The number of anilines is 1. The highest BCUT2D eigenvalue weighted by Crippen LogP contribution is 2.40. The summed E-state index contributed by atoms with van der Waals surface area (Å²) in [5, 5.41) is 3.16. The maximum atomic E-state index is 12.5. The molecule has 1 aliphatic carbocycles. The maximum Gasteiger partial charge on any atom is 0.446 e. The number of nitrogens with one attached hydrogen (secondary N) is 1. The molecule has 0 aliphatic heterocycles. The summed E-state index contributed by atoms with van der Waals surface area (Å²) in [6, 6.07) is 6.64. The second kappa shape index (κ2) is 7.25. The van der Waals surface area contributed by atoms with Crippen LogP contribution in [0, 0.1) is 5.92 Å². The molecule has 1 nitrogen and oxygen atoms in total. The number of halogens is 3. The molecule has 1 fully saturated rings. The van der Waals surface area contributed by atoms with E-state index in [4.69, 9.17) is 0 Å². The summed E-state index contributed by atoms with van der Waals surface area (Å²) in [5.41, 5.74) is -3.65. The van der Waals surface area contributed by atoms with Gasteiger partial charge in [0.05, 0.1) is 0 Å². The number of thioether (sulfide) groups is 1. The SMILES string of the molecule is FC(F)(F)Sc1ccccc1NCCC1CCCCC1. The van der Waals surface area contributed by atoms with Crippen LogP contribution in [-0.4, -0.2) is 12.1 Å². The summed E-state index contributed by atoms with van der Waals surface area (Å²) >= 11 is -0.0491. The van der Waals surface area contributed by atoms with Gasteiger partial charge in [-0.3, -0.25) is 0 Å². The van der Waals surface area contributed by atoms with Gasteiger partial charge in [-0.1, -0.05) is 44.2 Å². The Morgan fingerprint density at radius 1 is 1.10 bits per heavy atom. The van der Waals surface area contributed by atoms with E-state index < -0.39 is 5.51 Å². The molecule has 5 heteroatoms. The van der Waals surface area contributed by atoms with Crippen LogP contribution in [-0.2, 0) is 0 Å². The Bertz CT molecular complexity index is 414. The van der Waals surface area contributed by atoms with Crippen LogP contribution < -0.4 is 5.32 Å². The van der Waals surface area contributed by atoms with Gasteiger partial charge in [-0.25, -0.2) is 0 Å². The number of hydrogen-bond acceptors (Lipinski definition) is 2. The van der Waals surface area contributed by atoms with Crippen LogP contribution in [0.3, 0.4) is 0 Å². The molecule has 0 amide bonds. The van der Waals surface area contributed by atoms with E-state index in [2.05, 4.69) is 5.32 Å². The molecule has 0 saturated heterocycles. The lowest BCUT2D eigenvalue weighted by Gasteiger charge is -2.22. The average molecular weight is 303 g/mol. The average Bonchev–Trinajstić information content (AvgIpc) is 2.40. The number of alkyl halides is 3. The minimum Gasteiger partial charge on any atom is -0.384 e. The van der Waals surface area contributed by atoms with Crippen molar-refractivity contribution in [3.8, 4) is 0 Å². The Kier molecular flexibility index (Phi) is 5.64. The molecular formula is C15H20F3NS. The van der Waals surface area contributed by atoms with Gasteiger partial charge >= 0.3 is 5.51 Å². The van der Waals surface area contributed by atoms with Crippen LogP contribution >= 0.6 is 11.8 Å². The molecule has 0 spiro atoms. The van der Waals surface area contributed by atoms with E-state index in [1.54, 1.807) is 18.2 Å². The third-order valence-electron chi connectivity index (χ3n) is 3.71. The van der Waals surface area contributed by atoms with Crippen LogP contribution in [0.5, 0.6) is 0 Å². The van der Waals surface area contributed by atoms with Gasteiger partial charge in [0.25, 0.3) is 0 Å². The molecule has 1 aromatic carbocycles. The van der Waals surface area contributed by atoms with E-state index in [1.165, 1.54) is 38.2 Å². The summed E-state index contributed by atoms with van der Waals surface area (Å²) < 4.78 is 37.4. The monoisotopic (exact) mass is 303 g/mol. The molecule has 0 radical (unpaired) electrons. The minimum absolute atomic E-state index is 0.0491. The zero-order valence-electron chi connectivity index (χ0n) is 11.4. The summed E-state index contributed by atoms with van der Waals surface area (Å²) in [6.07, 6.45) is 7.50. The molecule has 1 N–H and O–H groups in total. The van der Waals surface area contributed by atoms with Gasteiger partial charge in [-0.15, -0.1) is 0 Å². The Morgan fingerprint density at radius 3 is 2.50 bits per heavy atom. The van der Waals surface area contributed by atoms with Crippen molar-refractivity contribution in [2.24, 2.45) is 5.92 Å². The predicted molar refractivity (Wildman–Crippen MR) is 78.0 cm³/mol. The van der Waals surface area contributed by atoms with E-state index in [9.17, 15) is 13.2 Å². The van der Waals surface area contributed by atoms with Crippen molar-refractivity contribution in [3.63, 3.8) is 0 Å². The van der Waals surface area contributed by atoms with Crippen LogP contribution in [0.4, 0.5) is 18.9 Å². The Morgan fingerprint density at radius 2 is 1.80 bits per heavy atom. The molecular weight excluding hydrogens is 283 g/mol. The lowest BCUT2D eigenvalue weighted by molar-refractivity contribution is -0.0327. The molecule has 1 aliphatic rings. The smallest absolute Gasteiger partial charge is 0.384 e. The highest BCUT2D eigenvalue weighted by molar-refractivity contribution is 8.00. The van der Waals surface area contributed by atoms with E-state index in [0.717, 1.165) is 18.9 Å². The zero-order valence-corrected chi connectivity index (χ0v) is 12.2. The maximum absolute atomic E-state index is 12.5. The van der Waals surface area contributed by atoms with Crippen LogP contribution in [0.1, 0.15) is 38.5 Å². The topological polar surface area (TPSA) is 12.0 Å². The van der Waals surface area contributed by atoms with Crippen molar-refractivity contribution in [3.05, 3.63) is 24.3 Å². The lowest BCUT2D eigenvalue weighted by Crippen LogP contribution is -2.12. The van der Waals surface area contributed by atoms with Gasteiger partial charge in [0.15, 0.2) is 0 Å². The molecule has 2 rings (SSSR count). The molecule has 0 bridgehead atoms. The van der Waals surface area contributed by atoms with Crippen molar-refractivity contribution < 1.29 is 13.2 Å². The van der Waals surface area contributed by atoms with Crippen molar-refractivity contribution >= 4 is 17.4 Å². The van der Waals surface area contributed by atoms with Crippen molar-refractivity contribution in [2.45, 2.75) is 48.9 Å². The number of rotatable bonds is 5. The second-order valence-electron chi connectivity index (χ2n) is 5.26. The first-order chi connectivity index (χ1) is 9.54. The Balaban J connectivity index is 1.85. The second-order valence-corrected chi connectivity index (χ2v) is 6.37. The van der Waals surface area contributed by atoms with Crippen LogP contribution in [0.25, 0.3) is 0 Å². The summed E-state index contributed by atoms with van der Waals surface area (Å²) in [7, 11) is 0. The van der Waals surface area contributed by atoms with Crippen molar-refractivity contribution in [1.29, 1.82) is 0 Å². The fourth-order valence-corrected chi connectivity index (χ4v) is 3.36. The van der Waals surface area contributed by atoms with Gasteiger partial charge in [0.1, 0.15) is 0 Å². The molecule has 112 valence electrons. The van der Waals surface area contributed by atoms with Crippen LogP contribution in [0.2, 0.25) is 0 Å². The summed E-state index contributed by atoms with van der Waals surface area (Å²) in [5.74, 6) is 0.735. The number of hydrogen-bond donors (Lipinski definition) is 1. The molecule has 0 heterocycles. The fourth-order valence-electron chi connectivity index (χ4n) is 2.71. The summed E-state index contributed by atoms with van der Waals surface area (Å²) in [6.45, 7) is 0.750. The van der Waals surface area contributed by atoms with Gasteiger partial charge in [0, 0.05) is 17.1 Å². The highest BCUT2D eigenvalue weighted by Gasteiger charge is 2.30. The molecule has 20 heavy (non-hydrogen) atoms. The standard InChI is InChI=1S/C15H20F3NS/c16-15(17,18)20-14-9-5-4-8-13(14)19-11-10-12-6-2-1-3-7-12/h4-5,8-9,12,19H,1-3,6-7,10-11H2. The molecule has 1 saturated carbocycles. The van der Waals surface area contributed by atoms with Gasteiger partial charge in [0.2, 0.25) is 0 Å². The van der Waals surface area contributed by atoms with Crippen molar-refractivity contribution in [2.75, 3.05) is 11.9 Å². The normalized spacial score (nSPS) is 17.1. The van der Waals surface area contributed by atoms with Gasteiger partial charge in [-0.2, -0.15) is 13.2 Å². The largest absolute Gasteiger partial charge is 0.446 e. The first kappa shape index (κ1) is 15.5. The predicted octanol–water partition coefficient (Wildman–Crippen LogP) is 5.68. The quantitative estimate of drug-likeness (QED) is 0.702.